The zero-order chi connectivity index (χ0) is 8.15. The average Bonchev–Trinajstić information content (AvgIpc) is 1.87. The minimum absolute atomic E-state index is 0.0277. The molecule has 0 spiro atoms. The van der Waals surface area contributed by atoms with Gasteiger partial charge in [0.15, 0.2) is 0 Å². The Morgan fingerprint density at radius 2 is 2.00 bits per heavy atom. The van der Waals surface area contributed by atoms with E-state index in [9.17, 15) is 4.79 Å². The van der Waals surface area contributed by atoms with Crippen LogP contribution in [0.5, 0.6) is 0 Å². The lowest BCUT2D eigenvalue weighted by atomic mass is 9.91. The highest BCUT2D eigenvalue weighted by Gasteiger charge is 2.15. The molecule has 0 aliphatic carbocycles. The highest BCUT2D eigenvalue weighted by atomic mass is 16.1. The van der Waals surface area contributed by atoms with Crippen LogP contribution in [-0.2, 0) is 4.79 Å². The molecule has 0 fully saturated rings. The molecule has 0 aliphatic rings. The van der Waals surface area contributed by atoms with Crippen molar-refractivity contribution in [1.82, 2.24) is 0 Å². The van der Waals surface area contributed by atoms with E-state index in [4.69, 9.17) is 5.73 Å². The first kappa shape index (κ1) is 9.47. The molecule has 1 amide bonds. The maximum atomic E-state index is 10.6. The van der Waals surface area contributed by atoms with Crippen LogP contribution in [0.3, 0.4) is 0 Å². The Hall–Kier alpha value is -0.530. The van der Waals surface area contributed by atoms with Gasteiger partial charge in [-0.25, -0.2) is 0 Å². The van der Waals surface area contributed by atoms with Crippen molar-refractivity contribution in [3.8, 4) is 0 Å². The Labute approximate surface area is 62.8 Å². The summed E-state index contributed by atoms with van der Waals surface area (Å²) >= 11 is 0. The van der Waals surface area contributed by atoms with Crippen LogP contribution in [0, 0.1) is 11.8 Å². The molecule has 0 aromatic carbocycles. The lowest BCUT2D eigenvalue weighted by molar-refractivity contribution is -0.122. The van der Waals surface area contributed by atoms with Crippen molar-refractivity contribution in [2.45, 2.75) is 33.6 Å². The number of hydrogen-bond acceptors (Lipinski definition) is 1. The van der Waals surface area contributed by atoms with E-state index >= 15 is 0 Å². The SMILES string of the molecule is CCC[C@@H](C)[C@@H](C)C(N)=O. The topological polar surface area (TPSA) is 43.1 Å². The maximum Gasteiger partial charge on any atom is 0.220 e. The smallest absolute Gasteiger partial charge is 0.220 e. The zero-order valence-corrected chi connectivity index (χ0v) is 7.05. The van der Waals surface area contributed by atoms with Crippen molar-refractivity contribution in [1.29, 1.82) is 0 Å². The molecule has 2 nitrogen and oxygen atoms in total. The van der Waals surface area contributed by atoms with Crippen molar-refractivity contribution in [3.05, 3.63) is 0 Å². The Bertz CT molecular complexity index is 112. The lowest BCUT2D eigenvalue weighted by Gasteiger charge is -2.14. The molecule has 0 radical (unpaired) electrons. The van der Waals surface area contributed by atoms with Gasteiger partial charge in [-0.3, -0.25) is 4.79 Å². The van der Waals surface area contributed by atoms with E-state index in [1.807, 2.05) is 6.92 Å². The first-order chi connectivity index (χ1) is 4.59. The standard InChI is InChI=1S/C8H17NO/c1-4-5-6(2)7(3)8(9)10/h6-7H,4-5H2,1-3H3,(H2,9,10)/t6-,7-/m1/s1. The predicted octanol–water partition coefficient (Wildman–Crippen LogP) is 1.54. The Balaban J connectivity index is 3.69. The molecule has 0 bridgehead atoms. The maximum absolute atomic E-state index is 10.6. The van der Waals surface area contributed by atoms with Crippen LogP contribution >= 0.6 is 0 Å². The van der Waals surface area contributed by atoms with E-state index in [1.165, 1.54) is 0 Å². The second-order valence-corrected chi connectivity index (χ2v) is 2.96. The molecule has 0 rings (SSSR count). The van der Waals surface area contributed by atoms with Crippen molar-refractivity contribution in [3.63, 3.8) is 0 Å². The van der Waals surface area contributed by atoms with Gasteiger partial charge in [-0.15, -0.1) is 0 Å². The van der Waals surface area contributed by atoms with Gasteiger partial charge < -0.3 is 5.73 Å². The third-order valence-corrected chi connectivity index (χ3v) is 2.05. The third kappa shape index (κ3) is 2.85. The van der Waals surface area contributed by atoms with E-state index in [0.717, 1.165) is 12.8 Å². The van der Waals surface area contributed by atoms with Gasteiger partial charge >= 0.3 is 0 Å². The minimum Gasteiger partial charge on any atom is -0.369 e. The second kappa shape index (κ2) is 4.31. The van der Waals surface area contributed by atoms with Gasteiger partial charge in [-0.1, -0.05) is 33.6 Å². The van der Waals surface area contributed by atoms with Gasteiger partial charge in [-0.2, -0.15) is 0 Å². The lowest BCUT2D eigenvalue weighted by Crippen LogP contribution is -2.25. The molecule has 0 saturated carbocycles. The molecule has 0 heterocycles. The molecule has 0 aliphatic heterocycles. The molecule has 10 heavy (non-hydrogen) atoms. The molecule has 2 atom stereocenters. The molecular weight excluding hydrogens is 126 g/mol. The van der Waals surface area contributed by atoms with Crippen molar-refractivity contribution in [2.24, 2.45) is 17.6 Å². The number of carbonyl (C=O) groups is 1. The number of amides is 1. The van der Waals surface area contributed by atoms with Crippen molar-refractivity contribution in [2.75, 3.05) is 0 Å². The predicted molar refractivity (Wildman–Crippen MR) is 42.4 cm³/mol. The van der Waals surface area contributed by atoms with Crippen LogP contribution in [0.1, 0.15) is 33.6 Å². The fourth-order valence-corrected chi connectivity index (χ4v) is 0.986. The fourth-order valence-electron chi connectivity index (χ4n) is 0.986. The quantitative estimate of drug-likeness (QED) is 0.637. The average molecular weight is 143 g/mol. The summed E-state index contributed by atoms with van der Waals surface area (Å²) < 4.78 is 0. The normalized spacial score (nSPS) is 16.3. The van der Waals surface area contributed by atoms with Gasteiger partial charge in [0.2, 0.25) is 5.91 Å². The number of hydrogen-bond donors (Lipinski definition) is 1. The summed E-state index contributed by atoms with van der Waals surface area (Å²) in [5.41, 5.74) is 5.13. The summed E-state index contributed by atoms with van der Waals surface area (Å²) in [5, 5.41) is 0. The summed E-state index contributed by atoms with van der Waals surface area (Å²) in [6, 6.07) is 0. The molecule has 0 saturated heterocycles. The number of rotatable bonds is 4. The number of primary amides is 1. The van der Waals surface area contributed by atoms with Crippen LogP contribution in [0.4, 0.5) is 0 Å². The van der Waals surface area contributed by atoms with Crippen LogP contribution in [0.2, 0.25) is 0 Å². The van der Waals surface area contributed by atoms with Gasteiger partial charge in [0.1, 0.15) is 0 Å². The summed E-state index contributed by atoms with van der Waals surface area (Å²) in [6.07, 6.45) is 2.21. The summed E-state index contributed by atoms with van der Waals surface area (Å²) in [7, 11) is 0. The fraction of sp³-hybridized carbons (Fsp3) is 0.875. The minimum atomic E-state index is -0.180. The van der Waals surface area contributed by atoms with Crippen molar-refractivity contribution < 1.29 is 4.79 Å². The summed E-state index contributed by atoms with van der Waals surface area (Å²) in [5.74, 6) is 0.281. The van der Waals surface area contributed by atoms with E-state index < -0.39 is 0 Å². The zero-order valence-electron chi connectivity index (χ0n) is 7.05. The van der Waals surface area contributed by atoms with Gasteiger partial charge in [0, 0.05) is 5.92 Å². The summed E-state index contributed by atoms with van der Waals surface area (Å²) in [6.45, 7) is 6.08. The molecule has 0 unspecified atom stereocenters. The second-order valence-electron chi connectivity index (χ2n) is 2.96. The van der Waals surface area contributed by atoms with Crippen LogP contribution in [0.25, 0.3) is 0 Å². The van der Waals surface area contributed by atoms with Gasteiger partial charge in [0.25, 0.3) is 0 Å². The van der Waals surface area contributed by atoms with E-state index in [2.05, 4.69) is 13.8 Å². The molecule has 2 heteroatoms. The molecule has 0 aromatic rings. The monoisotopic (exact) mass is 143 g/mol. The molecule has 0 aromatic heterocycles. The largest absolute Gasteiger partial charge is 0.369 e. The van der Waals surface area contributed by atoms with E-state index in [0.29, 0.717) is 5.92 Å². The Morgan fingerprint density at radius 1 is 1.50 bits per heavy atom. The summed E-state index contributed by atoms with van der Waals surface area (Å²) in [4.78, 5) is 10.6. The van der Waals surface area contributed by atoms with Gasteiger partial charge in [-0.05, 0) is 5.92 Å². The Morgan fingerprint density at radius 3 is 2.30 bits per heavy atom. The van der Waals surface area contributed by atoms with Gasteiger partial charge in [0.05, 0.1) is 0 Å². The molecule has 2 N–H and O–H groups in total. The van der Waals surface area contributed by atoms with E-state index in [-0.39, 0.29) is 11.8 Å². The third-order valence-electron chi connectivity index (χ3n) is 2.05. The highest BCUT2D eigenvalue weighted by Crippen LogP contribution is 2.15. The Kier molecular flexibility index (Phi) is 4.08. The number of nitrogens with two attached hydrogens (primary N) is 1. The first-order valence-corrected chi connectivity index (χ1v) is 3.88. The van der Waals surface area contributed by atoms with Crippen LogP contribution < -0.4 is 5.73 Å². The van der Waals surface area contributed by atoms with Crippen LogP contribution in [0.15, 0.2) is 0 Å². The number of carbonyl (C=O) groups excluding carboxylic acids is 1. The van der Waals surface area contributed by atoms with E-state index in [1.54, 1.807) is 0 Å². The van der Waals surface area contributed by atoms with Crippen molar-refractivity contribution >= 4 is 5.91 Å². The van der Waals surface area contributed by atoms with Crippen LogP contribution in [-0.4, -0.2) is 5.91 Å². The highest BCUT2D eigenvalue weighted by molar-refractivity contribution is 5.76. The molecule has 60 valence electrons. The molecular formula is C8H17NO. The first-order valence-electron chi connectivity index (χ1n) is 3.88.